The van der Waals surface area contributed by atoms with Crippen LogP contribution in [0.5, 0.6) is 0 Å². The van der Waals surface area contributed by atoms with Gasteiger partial charge in [0.2, 0.25) is 0 Å². The maximum atomic E-state index is 12.0. The van der Waals surface area contributed by atoms with Crippen molar-refractivity contribution in [2.75, 3.05) is 24.6 Å². The number of urea groups is 1. The van der Waals surface area contributed by atoms with E-state index in [1.165, 1.54) is 4.90 Å². The number of carbonyl (C=O) groups is 2. The molecular weight excluding hydrogens is 284 g/mol. The number of carbonyl (C=O) groups excluding carboxylic acids is 1. The Hall–Kier alpha value is -1.31. The molecule has 2 aliphatic rings. The van der Waals surface area contributed by atoms with Crippen molar-refractivity contribution in [2.45, 2.75) is 31.7 Å². The van der Waals surface area contributed by atoms with Gasteiger partial charge < -0.3 is 15.3 Å². The van der Waals surface area contributed by atoms with Gasteiger partial charge in [-0.25, -0.2) is 13.2 Å². The Labute approximate surface area is 118 Å². The molecule has 114 valence electrons. The zero-order valence-corrected chi connectivity index (χ0v) is 12.1. The van der Waals surface area contributed by atoms with Gasteiger partial charge in [0, 0.05) is 19.1 Å². The first-order chi connectivity index (χ1) is 9.37. The molecule has 0 spiro atoms. The third kappa shape index (κ3) is 3.84. The molecule has 2 amide bonds. The molecule has 1 heterocycles. The second kappa shape index (κ2) is 5.99. The van der Waals surface area contributed by atoms with Gasteiger partial charge in [0.15, 0.2) is 9.84 Å². The van der Waals surface area contributed by atoms with Gasteiger partial charge in [-0.15, -0.1) is 0 Å². The van der Waals surface area contributed by atoms with Crippen molar-refractivity contribution in [1.29, 1.82) is 0 Å². The fourth-order valence-electron chi connectivity index (χ4n) is 2.73. The van der Waals surface area contributed by atoms with Gasteiger partial charge in [0.1, 0.15) is 0 Å². The van der Waals surface area contributed by atoms with Crippen LogP contribution in [-0.2, 0) is 14.6 Å². The van der Waals surface area contributed by atoms with Crippen molar-refractivity contribution in [1.82, 2.24) is 10.2 Å². The highest BCUT2D eigenvalue weighted by molar-refractivity contribution is 7.91. The van der Waals surface area contributed by atoms with Crippen molar-refractivity contribution >= 4 is 21.8 Å². The van der Waals surface area contributed by atoms with Gasteiger partial charge in [-0.2, -0.15) is 0 Å². The summed E-state index contributed by atoms with van der Waals surface area (Å²) in [6.45, 7) is 0.423. The minimum Gasteiger partial charge on any atom is -0.481 e. The lowest BCUT2D eigenvalue weighted by Gasteiger charge is -2.32. The van der Waals surface area contributed by atoms with Crippen LogP contribution in [0.1, 0.15) is 25.7 Å². The van der Waals surface area contributed by atoms with Crippen LogP contribution in [0.25, 0.3) is 0 Å². The molecule has 1 aliphatic heterocycles. The molecule has 0 aromatic rings. The molecule has 2 N–H and O–H groups in total. The molecule has 2 rings (SSSR count). The molecule has 8 heteroatoms. The Morgan fingerprint density at radius 2 is 1.80 bits per heavy atom. The normalized spacial score (nSPS) is 29.7. The van der Waals surface area contributed by atoms with Crippen LogP contribution in [0, 0.1) is 5.92 Å². The summed E-state index contributed by atoms with van der Waals surface area (Å²) in [5.74, 6) is -1.20. The van der Waals surface area contributed by atoms with Gasteiger partial charge in [0.25, 0.3) is 0 Å². The van der Waals surface area contributed by atoms with E-state index >= 15 is 0 Å². The fourth-order valence-corrected chi connectivity index (χ4v) is 3.93. The number of rotatable bonds is 2. The monoisotopic (exact) mass is 304 g/mol. The molecule has 7 nitrogen and oxygen atoms in total. The van der Waals surface area contributed by atoms with E-state index < -0.39 is 21.7 Å². The Morgan fingerprint density at radius 1 is 1.15 bits per heavy atom. The first kappa shape index (κ1) is 15.1. The summed E-state index contributed by atoms with van der Waals surface area (Å²) in [6, 6.07) is -0.410. The third-order valence-corrected chi connectivity index (χ3v) is 5.59. The molecule has 2 atom stereocenters. The SMILES string of the molecule is O=C(O)C1CCCC(NC(=O)N2CCS(=O)(=O)CC2)C1. The van der Waals surface area contributed by atoms with Gasteiger partial charge in [-0.3, -0.25) is 4.79 Å². The van der Waals surface area contributed by atoms with Crippen LogP contribution in [0.3, 0.4) is 0 Å². The van der Waals surface area contributed by atoms with Gasteiger partial charge in [-0.1, -0.05) is 6.42 Å². The third-order valence-electron chi connectivity index (χ3n) is 3.98. The van der Waals surface area contributed by atoms with Gasteiger partial charge >= 0.3 is 12.0 Å². The minimum atomic E-state index is -3.00. The summed E-state index contributed by atoms with van der Waals surface area (Å²) in [5, 5.41) is 11.8. The Morgan fingerprint density at radius 3 is 2.40 bits per heavy atom. The van der Waals surface area contributed by atoms with E-state index in [0.29, 0.717) is 12.8 Å². The average Bonchev–Trinajstić information content (AvgIpc) is 2.38. The molecular formula is C12H20N2O5S. The molecule has 1 aliphatic carbocycles. The number of carboxylic acids is 1. The molecule has 2 unspecified atom stereocenters. The number of hydrogen-bond donors (Lipinski definition) is 2. The van der Waals surface area contributed by atoms with Crippen molar-refractivity contribution in [2.24, 2.45) is 5.92 Å². The van der Waals surface area contributed by atoms with Crippen LogP contribution in [0.2, 0.25) is 0 Å². The first-order valence-corrected chi connectivity index (χ1v) is 8.68. The van der Waals surface area contributed by atoms with E-state index in [0.717, 1.165) is 12.8 Å². The highest BCUT2D eigenvalue weighted by atomic mass is 32.2. The zero-order chi connectivity index (χ0) is 14.8. The lowest BCUT2D eigenvalue weighted by molar-refractivity contribution is -0.143. The van der Waals surface area contributed by atoms with Crippen LogP contribution in [-0.4, -0.2) is 61.1 Å². The molecule has 0 radical (unpaired) electrons. The number of aliphatic carboxylic acids is 1. The summed E-state index contributed by atoms with van der Waals surface area (Å²) >= 11 is 0. The lowest BCUT2D eigenvalue weighted by Crippen LogP contribution is -2.51. The number of sulfone groups is 1. The number of nitrogens with one attached hydrogen (secondary N) is 1. The van der Waals surface area contributed by atoms with E-state index in [9.17, 15) is 18.0 Å². The van der Waals surface area contributed by atoms with Crippen LogP contribution in [0.4, 0.5) is 4.79 Å². The van der Waals surface area contributed by atoms with Crippen LogP contribution < -0.4 is 5.32 Å². The Kier molecular flexibility index (Phi) is 4.52. The zero-order valence-electron chi connectivity index (χ0n) is 11.2. The summed E-state index contributed by atoms with van der Waals surface area (Å²) in [5.41, 5.74) is 0. The molecule has 1 saturated carbocycles. The highest BCUT2D eigenvalue weighted by Crippen LogP contribution is 2.24. The largest absolute Gasteiger partial charge is 0.481 e. The summed E-state index contributed by atoms with van der Waals surface area (Å²) < 4.78 is 22.6. The molecule has 2 fully saturated rings. The first-order valence-electron chi connectivity index (χ1n) is 6.86. The number of carboxylic acid groups (broad SMARTS) is 1. The second-order valence-electron chi connectivity index (χ2n) is 5.49. The minimum absolute atomic E-state index is 0.00282. The summed E-state index contributed by atoms with van der Waals surface area (Å²) in [4.78, 5) is 24.5. The van der Waals surface area contributed by atoms with Gasteiger partial charge in [0.05, 0.1) is 17.4 Å². The van der Waals surface area contributed by atoms with Crippen molar-refractivity contribution < 1.29 is 23.1 Å². The molecule has 0 aromatic heterocycles. The molecule has 1 saturated heterocycles. The quantitative estimate of drug-likeness (QED) is 0.751. The van der Waals surface area contributed by atoms with E-state index in [-0.39, 0.29) is 36.7 Å². The maximum Gasteiger partial charge on any atom is 0.317 e. The van der Waals surface area contributed by atoms with Crippen LogP contribution >= 0.6 is 0 Å². The maximum absolute atomic E-state index is 12.0. The van der Waals surface area contributed by atoms with Crippen molar-refractivity contribution in [3.05, 3.63) is 0 Å². The lowest BCUT2D eigenvalue weighted by atomic mass is 9.86. The Balaban J connectivity index is 1.84. The smallest absolute Gasteiger partial charge is 0.317 e. The molecule has 0 aromatic carbocycles. The number of hydrogen-bond acceptors (Lipinski definition) is 4. The molecule has 20 heavy (non-hydrogen) atoms. The van der Waals surface area contributed by atoms with E-state index in [1.807, 2.05) is 0 Å². The second-order valence-corrected chi connectivity index (χ2v) is 7.79. The van der Waals surface area contributed by atoms with E-state index in [2.05, 4.69) is 5.32 Å². The standard InChI is InChI=1S/C12H20N2O5S/c15-11(16)9-2-1-3-10(8-9)13-12(17)14-4-6-20(18,19)7-5-14/h9-10H,1-8H2,(H,13,17)(H,15,16). The van der Waals surface area contributed by atoms with Crippen molar-refractivity contribution in [3.63, 3.8) is 0 Å². The Bertz CT molecular complexity index is 476. The van der Waals surface area contributed by atoms with E-state index in [4.69, 9.17) is 5.11 Å². The predicted molar refractivity (Wildman–Crippen MR) is 72.1 cm³/mol. The topological polar surface area (TPSA) is 104 Å². The summed E-state index contributed by atoms with van der Waals surface area (Å²) in [6.07, 6.45) is 2.68. The average molecular weight is 304 g/mol. The van der Waals surface area contributed by atoms with Crippen LogP contribution in [0.15, 0.2) is 0 Å². The van der Waals surface area contributed by atoms with Gasteiger partial charge in [-0.05, 0) is 19.3 Å². The predicted octanol–water partition coefficient (Wildman–Crippen LogP) is 0.0698. The number of amides is 2. The highest BCUT2D eigenvalue weighted by Gasteiger charge is 2.30. The summed E-state index contributed by atoms with van der Waals surface area (Å²) in [7, 11) is -3.00. The molecule has 0 bridgehead atoms. The van der Waals surface area contributed by atoms with E-state index in [1.54, 1.807) is 0 Å². The van der Waals surface area contributed by atoms with Crippen molar-refractivity contribution in [3.8, 4) is 0 Å². The number of nitrogens with zero attached hydrogens (tertiary/aromatic N) is 1. The fraction of sp³-hybridized carbons (Fsp3) is 0.833.